The van der Waals surface area contributed by atoms with Gasteiger partial charge in [-0.3, -0.25) is 0 Å². The van der Waals surface area contributed by atoms with Crippen LogP contribution in [-0.4, -0.2) is 54.8 Å². The minimum absolute atomic E-state index is 0.341. The Labute approximate surface area is 232 Å². The van der Waals surface area contributed by atoms with E-state index >= 15 is 0 Å². The second-order valence-electron chi connectivity index (χ2n) is 10.3. The van der Waals surface area contributed by atoms with Gasteiger partial charge in [-0.1, -0.05) is 0 Å². The first-order chi connectivity index (χ1) is 19.4. The van der Waals surface area contributed by atoms with E-state index in [0.717, 1.165) is 65.3 Å². The van der Waals surface area contributed by atoms with Gasteiger partial charge in [0, 0.05) is 29.9 Å². The molecule has 5 aromatic rings. The van der Waals surface area contributed by atoms with Gasteiger partial charge in [0.25, 0.3) is 0 Å². The number of benzene rings is 2. The van der Waals surface area contributed by atoms with Crippen LogP contribution in [0.1, 0.15) is 41.4 Å². The number of anilines is 1. The van der Waals surface area contributed by atoms with Gasteiger partial charge in [-0.2, -0.15) is 5.10 Å². The molecule has 1 aliphatic rings. The minimum Gasteiger partial charge on any atom is -0.489 e. The van der Waals surface area contributed by atoms with Crippen molar-refractivity contribution in [2.45, 2.75) is 39.2 Å². The van der Waals surface area contributed by atoms with Crippen molar-refractivity contribution in [1.82, 2.24) is 34.6 Å². The molecule has 10 heteroatoms. The predicted octanol–water partition coefficient (Wildman–Crippen LogP) is 4.99. The average molecular weight is 537 g/mol. The minimum atomic E-state index is 0.341. The molecule has 1 saturated heterocycles. The standard InChI is InChI=1S/C30H32N8O2/c1-19-12-25(39-17-21-15-32-20(2)33-16-21)14-26(13-19)40-24-6-4-23(5-7-24)38-29-28(34-18-35-30(29)31)27(36-38)22-8-10-37(3)11-9-22/h4-7,12-16,18,22H,8-11,17H2,1-3H3,(H2,31,34,35). The van der Waals surface area contributed by atoms with Gasteiger partial charge < -0.3 is 20.1 Å². The number of piperidine rings is 1. The molecule has 0 bridgehead atoms. The van der Waals surface area contributed by atoms with Crippen LogP contribution in [0.25, 0.3) is 16.7 Å². The fraction of sp³-hybridized carbons (Fsp3) is 0.300. The summed E-state index contributed by atoms with van der Waals surface area (Å²) in [5.41, 5.74) is 11.7. The van der Waals surface area contributed by atoms with Crippen molar-refractivity contribution in [1.29, 1.82) is 0 Å². The van der Waals surface area contributed by atoms with Crippen LogP contribution in [0, 0.1) is 13.8 Å². The fourth-order valence-corrected chi connectivity index (χ4v) is 5.05. The Morgan fingerprint density at radius 3 is 2.38 bits per heavy atom. The van der Waals surface area contributed by atoms with E-state index in [0.29, 0.717) is 35.6 Å². The van der Waals surface area contributed by atoms with Crippen LogP contribution in [0.5, 0.6) is 17.2 Å². The smallest absolute Gasteiger partial charge is 0.153 e. The monoisotopic (exact) mass is 536 g/mol. The van der Waals surface area contributed by atoms with Crippen molar-refractivity contribution < 1.29 is 9.47 Å². The molecule has 0 saturated carbocycles. The van der Waals surface area contributed by atoms with Crippen LogP contribution in [0.2, 0.25) is 0 Å². The van der Waals surface area contributed by atoms with Crippen molar-refractivity contribution in [3.05, 3.63) is 83.8 Å². The highest BCUT2D eigenvalue weighted by Crippen LogP contribution is 2.34. The molecule has 1 fully saturated rings. The van der Waals surface area contributed by atoms with E-state index in [1.165, 1.54) is 6.33 Å². The summed E-state index contributed by atoms with van der Waals surface area (Å²) in [6, 6.07) is 13.6. The van der Waals surface area contributed by atoms with Crippen LogP contribution in [0.3, 0.4) is 0 Å². The lowest BCUT2D eigenvalue weighted by molar-refractivity contribution is 0.253. The molecule has 0 aliphatic carbocycles. The van der Waals surface area contributed by atoms with Crippen LogP contribution < -0.4 is 15.2 Å². The van der Waals surface area contributed by atoms with E-state index in [9.17, 15) is 0 Å². The van der Waals surface area contributed by atoms with Gasteiger partial charge in [0.15, 0.2) is 5.82 Å². The molecule has 3 aromatic heterocycles. The summed E-state index contributed by atoms with van der Waals surface area (Å²) >= 11 is 0. The maximum atomic E-state index is 6.32. The third-order valence-electron chi connectivity index (χ3n) is 7.20. The number of nitrogens with two attached hydrogens (primary N) is 1. The number of fused-ring (bicyclic) bond motifs is 1. The number of rotatable bonds is 7. The van der Waals surface area contributed by atoms with Gasteiger partial charge in [0.1, 0.15) is 47.0 Å². The molecule has 0 atom stereocenters. The predicted molar refractivity (Wildman–Crippen MR) is 153 cm³/mol. The summed E-state index contributed by atoms with van der Waals surface area (Å²) in [5.74, 6) is 3.59. The number of nitrogens with zero attached hydrogens (tertiary/aromatic N) is 7. The van der Waals surface area contributed by atoms with Crippen molar-refractivity contribution >= 4 is 16.9 Å². The molecule has 0 unspecified atom stereocenters. The van der Waals surface area contributed by atoms with Crippen LogP contribution >= 0.6 is 0 Å². The molecule has 40 heavy (non-hydrogen) atoms. The molecule has 4 heterocycles. The van der Waals surface area contributed by atoms with Crippen LogP contribution in [0.4, 0.5) is 5.82 Å². The number of hydrogen-bond donors (Lipinski definition) is 1. The van der Waals surface area contributed by atoms with Gasteiger partial charge in [-0.15, -0.1) is 0 Å². The zero-order valence-corrected chi connectivity index (χ0v) is 22.9. The lowest BCUT2D eigenvalue weighted by atomic mass is 9.93. The van der Waals surface area contributed by atoms with Crippen molar-refractivity contribution in [2.75, 3.05) is 25.9 Å². The van der Waals surface area contributed by atoms with Crippen LogP contribution in [-0.2, 0) is 6.61 Å². The number of ether oxygens (including phenoxy) is 2. The first-order valence-corrected chi connectivity index (χ1v) is 13.4. The Bertz CT molecular complexity index is 1620. The first-order valence-electron chi connectivity index (χ1n) is 13.4. The van der Waals surface area contributed by atoms with Crippen molar-refractivity contribution in [3.63, 3.8) is 0 Å². The third kappa shape index (κ3) is 5.43. The second kappa shape index (κ2) is 10.9. The molecule has 0 radical (unpaired) electrons. The van der Waals surface area contributed by atoms with E-state index in [2.05, 4.69) is 31.9 Å². The Balaban J connectivity index is 1.22. The fourth-order valence-electron chi connectivity index (χ4n) is 5.05. The SMILES string of the molecule is Cc1cc(OCc2cnc(C)nc2)cc(Oc2ccc(-n3nc(C4CCN(C)CC4)c4ncnc(N)c43)cc2)c1. The molecular weight excluding hydrogens is 504 g/mol. The van der Waals surface area contributed by atoms with E-state index in [4.69, 9.17) is 20.3 Å². The average Bonchev–Trinajstić information content (AvgIpc) is 3.34. The molecule has 10 nitrogen and oxygen atoms in total. The largest absolute Gasteiger partial charge is 0.489 e. The van der Waals surface area contributed by atoms with Gasteiger partial charge >= 0.3 is 0 Å². The summed E-state index contributed by atoms with van der Waals surface area (Å²) in [7, 11) is 2.15. The normalized spacial score (nSPS) is 14.5. The summed E-state index contributed by atoms with van der Waals surface area (Å²) < 4.78 is 14.0. The van der Waals surface area contributed by atoms with Gasteiger partial charge in [0.05, 0.1) is 11.4 Å². The van der Waals surface area contributed by atoms with E-state index in [-0.39, 0.29) is 0 Å². The maximum Gasteiger partial charge on any atom is 0.153 e. The number of nitrogen functional groups attached to an aromatic ring is 1. The van der Waals surface area contributed by atoms with Crippen molar-refractivity contribution in [2.24, 2.45) is 0 Å². The highest BCUT2D eigenvalue weighted by Gasteiger charge is 2.26. The highest BCUT2D eigenvalue weighted by atomic mass is 16.5. The summed E-state index contributed by atoms with van der Waals surface area (Å²) in [4.78, 5) is 19.6. The molecule has 204 valence electrons. The molecule has 1 aliphatic heterocycles. The quantitative estimate of drug-likeness (QED) is 0.307. The topological polar surface area (TPSA) is 117 Å². The highest BCUT2D eigenvalue weighted by molar-refractivity contribution is 5.88. The van der Waals surface area contributed by atoms with Gasteiger partial charge in [-0.05, 0) is 88.8 Å². The number of aromatic nitrogens is 6. The molecule has 0 amide bonds. The number of likely N-dealkylation sites (tertiary alicyclic amines) is 1. The summed E-state index contributed by atoms with van der Waals surface area (Å²) in [6.07, 6.45) is 7.15. The Kier molecular flexibility index (Phi) is 7.00. The third-order valence-corrected chi connectivity index (χ3v) is 7.20. The maximum absolute atomic E-state index is 6.32. The number of hydrogen-bond acceptors (Lipinski definition) is 9. The first kappa shape index (κ1) is 25.7. The van der Waals surface area contributed by atoms with Crippen molar-refractivity contribution in [3.8, 4) is 22.9 Å². The lowest BCUT2D eigenvalue weighted by Gasteiger charge is -2.27. The molecule has 2 N–H and O–H groups in total. The molecule has 0 spiro atoms. The van der Waals surface area contributed by atoms with E-state index in [1.807, 2.05) is 61.0 Å². The summed E-state index contributed by atoms with van der Waals surface area (Å²) in [5, 5.41) is 5.01. The zero-order valence-electron chi connectivity index (χ0n) is 22.9. The second-order valence-corrected chi connectivity index (χ2v) is 10.3. The van der Waals surface area contributed by atoms with E-state index in [1.54, 1.807) is 12.4 Å². The number of aryl methyl sites for hydroxylation is 2. The van der Waals surface area contributed by atoms with Gasteiger partial charge in [0.2, 0.25) is 0 Å². The molecular formula is C30H32N8O2. The molecule has 6 rings (SSSR count). The zero-order chi connectivity index (χ0) is 27.6. The Morgan fingerprint density at radius 1 is 0.900 bits per heavy atom. The molecule has 2 aromatic carbocycles. The lowest BCUT2D eigenvalue weighted by Crippen LogP contribution is -2.29. The summed E-state index contributed by atoms with van der Waals surface area (Å²) in [6.45, 7) is 6.32. The Hall–Kier alpha value is -4.57. The van der Waals surface area contributed by atoms with Gasteiger partial charge in [-0.25, -0.2) is 24.6 Å². The Morgan fingerprint density at radius 2 is 1.62 bits per heavy atom. The van der Waals surface area contributed by atoms with Crippen LogP contribution in [0.15, 0.2) is 61.2 Å². The van der Waals surface area contributed by atoms with E-state index < -0.39 is 0 Å².